The minimum Gasteiger partial charge on any atom is -0.385 e. The molecule has 152 valence electrons. The van der Waals surface area contributed by atoms with Crippen molar-refractivity contribution >= 4 is 11.9 Å². The van der Waals surface area contributed by atoms with E-state index in [4.69, 9.17) is 0 Å². The number of carbonyl (C=O) groups excluding carboxylic acids is 2. The Balaban J connectivity index is 1.23. The molecule has 2 saturated heterocycles. The van der Waals surface area contributed by atoms with Crippen molar-refractivity contribution in [3.8, 4) is 0 Å². The molecule has 2 heterocycles. The largest absolute Gasteiger partial charge is 0.385 e. The lowest BCUT2D eigenvalue weighted by Crippen LogP contribution is -2.50. The first-order valence-corrected chi connectivity index (χ1v) is 10.6. The summed E-state index contributed by atoms with van der Waals surface area (Å²) in [6.07, 6.45) is 5.27. The molecule has 0 unspecified atom stereocenters. The fourth-order valence-corrected chi connectivity index (χ4v) is 4.48. The molecule has 0 aromatic heterocycles. The summed E-state index contributed by atoms with van der Waals surface area (Å²) in [4.78, 5) is 28.6. The van der Waals surface area contributed by atoms with E-state index in [0.29, 0.717) is 44.3 Å². The summed E-state index contributed by atoms with van der Waals surface area (Å²) in [7, 11) is 0. The number of nitrogens with zero attached hydrogens (tertiary/aromatic N) is 2. The van der Waals surface area contributed by atoms with Crippen LogP contribution in [-0.4, -0.2) is 59.6 Å². The molecule has 2 aliphatic heterocycles. The van der Waals surface area contributed by atoms with Gasteiger partial charge in [-0.05, 0) is 50.0 Å². The van der Waals surface area contributed by atoms with Crippen LogP contribution in [0.1, 0.15) is 44.1 Å². The van der Waals surface area contributed by atoms with E-state index in [0.717, 1.165) is 44.3 Å². The average molecular weight is 386 g/mol. The lowest BCUT2D eigenvalue weighted by Gasteiger charge is -2.39. The van der Waals surface area contributed by atoms with E-state index < -0.39 is 5.60 Å². The van der Waals surface area contributed by atoms with Gasteiger partial charge in [-0.2, -0.15) is 0 Å². The van der Waals surface area contributed by atoms with E-state index in [2.05, 4.69) is 5.32 Å². The number of carbonyl (C=O) groups is 2. The highest BCUT2D eigenvalue weighted by Gasteiger charge is 2.37. The number of nitrogens with one attached hydrogen (secondary N) is 1. The zero-order chi connectivity index (χ0) is 19.6. The highest BCUT2D eigenvalue weighted by molar-refractivity contribution is 5.81. The lowest BCUT2D eigenvalue weighted by molar-refractivity contribution is -0.134. The van der Waals surface area contributed by atoms with Gasteiger partial charge in [-0.3, -0.25) is 4.79 Å². The molecule has 4 rings (SSSR count). The Hall–Kier alpha value is -2.08. The predicted octanol–water partition coefficient (Wildman–Crippen LogP) is 2.33. The Morgan fingerprint density at radius 2 is 1.75 bits per heavy atom. The molecule has 6 nitrogen and oxygen atoms in total. The lowest BCUT2D eigenvalue weighted by atomic mass is 9.84. The van der Waals surface area contributed by atoms with Crippen molar-refractivity contribution in [1.82, 2.24) is 15.1 Å². The molecular weight excluding hydrogens is 354 g/mol. The molecule has 0 bridgehead atoms. The van der Waals surface area contributed by atoms with Gasteiger partial charge < -0.3 is 20.2 Å². The Kier molecular flexibility index (Phi) is 5.58. The number of hydrogen-bond acceptors (Lipinski definition) is 3. The average Bonchev–Trinajstić information content (AvgIpc) is 3.58. The zero-order valence-corrected chi connectivity index (χ0v) is 16.5. The second-order valence-corrected chi connectivity index (χ2v) is 8.64. The van der Waals surface area contributed by atoms with Gasteiger partial charge in [0.2, 0.25) is 5.91 Å². The number of piperidine rings is 2. The SMILES string of the molecule is O=C(NC[C@H]1CCCN(C(=O)C2CC2)C1)N1CCC(O)(c2ccccc2)CC1. The molecule has 3 aliphatic rings. The first-order chi connectivity index (χ1) is 13.5. The van der Waals surface area contributed by atoms with Crippen LogP contribution in [0.15, 0.2) is 30.3 Å². The summed E-state index contributed by atoms with van der Waals surface area (Å²) in [5, 5.41) is 14.0. The Labute approximate surface area is 166 Å². The van der Waals surface area contributed by atoms with Gasteiger partial charge in [-0.1, -0.05) is 30.3 Å². The van der Waals surface area contributed by atoms with Gasteiger partial charge in [-0.25, -0.2) is 4.79 Å². The summed E-state index contributed by atoms with van der Waals surface area (Å²) in [6, 6.07) is 9.67. The van der Waals surface area contributed by atoms with Gasteiger partial charge in [0.1, 0.15) is 0 Å². The quantitative estimate of drug-likeness (QED) is 0.836. The summed E-state index contributed by atoms with van der Waals surface area (Å²) < 4.78 is 0. The molecule has 2 N–H and O–H groups in total. The maximum atomic E-state index is 12.6. The molecule has 1 aliphatic carbocycles. The van der Waals surface area contributed by atoms with Gasteiger partial charge in [0.15, 0.2) is 0 Å². The Morgan fingerprint density at radius 3 is 2.43 bits per heavy atom. The summed E-state index contributed by atoms with van der Waals surface area (Å²) >= 11 is 0. The van der Waals surface area contributed by atoms with Crippen LogP contribution < -0.4 is 5.32 Å². The van der Waals surface area contributed by atoms with E-state index in [1.807, 2.05) is 35.2 Å². The molecule has 3 amide bonds. The van der Waals surface area contributed by atoms with Crippen molar-refractivity contribution in [1.29, 1.82) is 0 Å². The Bertz CT molecular complexity index is 696. The first kappa shape index (κ1) is 19.2. The van der Waals surface area contributed by atoms with E-state index in [-0.39, 0.29) is 11.9 Å². The summed E-state index contributed by atoms with van der Waals surface area (Å²) in [5.74, 6) is 0.920. The van der Waals surface area contributed by atoms with Crippen molar-refractivity contribution in [2.75, 3.05) is 32.7 Å². The van der Waals surface area contributed by atoms with Crippen molar-refractivity contribution in [3.05, 3.63) is 35.9 Å². The van der Waals surface area contributed by atoms with Gasteiger partial charge in [0.05, 0.1) is 5.60 Å². The second-order valence-electron chi connectivity index (χ2n) is 8.64. The van der Waals surface area contributed by atoms with Crippen LogP contribution in [0.2, 0.25) is 0 Å². The van der Waals surface area contributed by atoms with Gasteiger partial charge in [0.25, 0.3) is 0 Å². The van der Waals surface area contributed by atoms with Crippen molar-refractivity contribution in [2.24, 2.45) is 11.8 Å². The van der Waals surface area contributed by atoms with Crippen LogP contribution in [0.5, 0.6) is 0 Å². The minimum absolute atomic E-state index is 0.0549. The number of amides is 3. The highest BCUT2D eigenvalue weighted by Crippen LogP contribution is 2.33. The first-order valence-electron chi connectivity index (χ1n) is 10.6. The number of aliphatic hydroxyl groups is 1. The van der Waals surface area contributed by atoms with Crippen molar-refractivity contribution in [2.45, 2.75) is 44.1 Å². The third-order valence-corrected chi connectivity index (χ3v) is 6.49. The summed E-state index contributed by atoms with van der Waals surface area (Å²) in [6.45, 7) is 3.35. The number of benzene rings is 1. The third kappa shape index (κ3) is 4.32. The van der Waals surface area contributed by atoms with Crippen molar-refractivity contribution in [3.63, 3.8) is 0 Å². The molecule has 3 fully saturated rings. The number of hydrogen-bond donors (Lipinski definition) is 2. The van der Waals surface area contributed by atoms with Crippen LogP contribution in [0.25, 0.3) is 0 Å². The fraction of sp³-hybridized carbons (Fsp3) is 0.636. The fourth-order valence-electron chi connectivity index (χ4n) is 4.48. The normalized spacial score (nSPS) is 24.7. The summed E-state index contributed by atoms with van der Waals surface area (Å²) in [5.41, 5.74) is 0.0862. The molecule has 28 heavy (non-hydrogen) atoms. The number of rotatable bonds is 4. The van der Waals surface area contributed by atoms with Crippen LogP contribution in [-0.2, 0) is 10.4 Å². The van der Waals surface area contributed by atoms with E-state index in [1.165, 1.54) is 0 Å². The van der Waals surface area contributed by atoms with Crippen LogP contribution in [0.3, 0.4) is 0 Å². The maximum Gasteiger partial charge on any atom is 0.317 e. The van der Waals surface area contributed by atoms with E-state index in [1.54, 1.807) is 4.90 Å². The molecule has 6 heteroatoms. The standard InChI is InChI=1S/C22H31N3O3/c26-20(18-8-9-18)25-12-4-5-17(16-25)15-23-21(27)24-13-10-22(28,11-14-24)19-6-2-1-3-7-19/h1-3,6-7,17-18,28H,4-5,8-16H2,(H,23,27)/t17-/m1/s1. The predicted molar refractivity (Wildman–Crippen MR) is 107 cm³/mol. The van der Waals surface area contributed by atoms with Gasteiger partial charge >= 0.3 is 6.03 Å². The van der Waals surface area contributed by atoms with Gasteiger partial charge in [0, 0.05) is 38.6 Å². The molecule has 1 saturated carbocycles. The number of likely N-dealkylation sites (tertiary alicyclic amines) is 2. The Morgan fingerprint density at radius 1 is 1.04 bits per heavy atom. The van der Waals surface area contributed by atoms with Crippen LogP contribution in [0, 0.1) is 11.8 Å². The molecule has 1 aromatic rings. The van der Waals surface area contributed by atoms with Crippen LogP contribution >= 0.6 is 0 Å². The zero-order valence-electron chi connectivity index (χ0n) is 16.5. The molecule has 1 atom stereocenters. The highest BCUT2D eigenvalue weighted by atomic mass is 16.3. The molecule has 0 spiro atoms. The van der Waals surface area contributed by atoms with Crippen LogP contribution in [0.4, 0.5) is 4.79 Å². The molecule has 0 radical (unpaired) electrons. The smallest absolute Gasteiger partial charge is 0.317 e. The minimum atomic E-state index is -0.842. The van der Waals surface area contributed by atoms with Crippen molar-refractivity contribution < 1.29 is 14.7 Å². The maximum absolute atomic E-state index is 12.6. The molecule has 1 aromatic carbocycles. The van der Waals surface area contributed by atoms with E-state index in [9.17, 15) is 14.7 Å². The second kappa shape index (κ2) is 8.11. The topological polar surface area (TPSA) is 72.9 Å². The monoisotopic (exact) mass is 385 g/mol. The third-order valence-electron chi connectivity index (χ3n) is 6.49. The number of urea groups is 1. The van der Waals surface area contributed by atoms with Gasteiger partial charge in [-0.15, -0.1) is 0 Å². The van der Waals surface area contributed by atoms with E-state index >= 15 is 0 Å². The molecular formula is C22H31N3O3.